The molecule has 1 aliphatic heterocycles. The zero-order valence-corrected chi connectivity index (χ0v) is 21.8. The summed E-state index contributed by atoms with van der Waals surface area (Å²) in [7, 11) is -0.742. The minimum atomic E-state index is -3.74. The molecule has 0 saturated heterocycles. The number of rotatable bonds is 8. The molecule has 2 aromatic rings. The number of Topliss-reactive ketones (excluding diaryl/α,β-unsaturated/α-hetero) is 1. The Labute approximate surface area is 215 Å². The Morgan fingerprint density at radius 3 is 2.59 bits per heavy atom. The Morgan fingerprint density at radius 2 is 1.95 bits per heavy atom. The highest BCUT2D eigenvalue weighted by Crippen LogP contribution is 2.32. The van der Waals surface area contributed by atoms with Crippen molar-refractivity contribution in [3.8, 4) is 17.6 Å². The predicted octanol–water partition coefficient (Wildman–Crippen LogP) is 1.41. The fraction of sp³-hybridized carbons (Fsp3) is 0.440. The van der Waals surface area contributed by atoms with Crippen LogP contribution in [0.15, 0.2) is 23.4 Å². The molecule has 1 saturated carbocycles. The van der Waals surface area contributed by atoms with E-state index in [2.05, 4.69) is 22.1 Å². The molecular formula is C25H28N4O7S. The third kappa shape index (κ3) is 5.68. The molecule has 1 atom stereocenters. The largest absolute Gasteiger partial charge is 0.491 e. The smallest absolute Gasteiger partial charge is 0.239 e. The van der Waals surface area contributed by atoms with Crippen molar-refractivity contribution in [3.05, 3.63) is 29.5 Å². The number of nitrogens with zero attached hydrogens (tertiary/aromatic N) is 3. The molecule has 1 aromatic carbocycles. The number of hydrogen-bond acceptors (Lipinski definition) is 8. The third-order valence-corrected chi connectivity index (χ3v) is 7.06. The third-order valence-electron chi connectivity index (χ3n) is 6.03. The van der Waals surface area contributed by atoms with Gasteiger partial charge in [0.05, 0.1) is 13.2 Å². The van der Waals surface area contributed by atoms with Gasteiger partial charge in [-0.2, -0.15) is 4.98 Å². The molecular weight excluding hydrogens is 500 g/mol. The number of fused-ring (bicyclic) bond motifs is 1. The highest BCUT2D eigenvalue weighted by Gasteiger charge is 2.41. The van der Waals surface area contributed by atoms with E-state index in [1.54, 1.807) is 25.3 Å². The summed E-state index contributed by atoms with van der Waals surface area (Å²) in [5.74, 6) is 4.29. The minimum absolute atomic E-state index is 0.0202. The van der Waals surface area contributed by atoms with Gasteiger partial charge in [0.2, 0.25) is 26.8 Å². The highest BCUT2D eigenvalue weighted by molar-refractivity contribution is 7.90. The molecule has 1 aromatic heterocycles. The average molecular weight is 529 g/mol. The molecule has 0 bridgehead atoms. The number of nitrogens with one attached hydrogen (secondary N) is 1. The summed E-state index contributed by atoms with van der Waals surface area (Å²) in [6.45, 7) is 2.04. The maximum absolute atomic E-state index is 12.9. The molecule has 2 heterocycles. The van der Waals surface area contributed by atoms with Crippen LogP contribution in [0.3, 0.4) is 0 Å². The maximum Gasteiger partial charge on any atom is 0.239 e. The van der Waals surface area contributed by atoms with Crippen LogP contribution in [0.5, 0.6) is 5.75 Å². The number of carbonyl (C=O) groups excluding carboxylic acids is 3. The van der Waals surface area contributed by atoms with Crippen LogP contribution in [0.25, 0.3) is 0 Å². The van der Waals surface area contributed by atoms with Crippen LogP contribution >= 0.6 is 0 Å². The Bertz CT molecular complexity index is 1430. The summed E-state index contributed by atoms with van der Waals surface area (Å²) in [4.78, 5) is 43.3. The zero-order valence-electron chi connectivity index (χ0n) is 21.0. The van der Waals surface area contributed by atoms with E-state index in [1.165, 1.54) is 23.4 Å². The monoisotopic (exact) mass is 528 g/mol. The standard InChI is InChI=1S/C25H28N4O7S/c1-15-21(30)20-22(27-25(28(20)2)37(4,33)34)29(24(15)32)9-5-6-16-12-18(26-23(31)17-7-8-17)14-19(13-16)36-11-10-35-3/h12-15,17H,7-11H2,1-4H3,(H,26,31). The van der Waals surface area contributed by atoms with Gasteiger partial charge in [0, 0.05) is 43.6 Å². The Kier molecular flexibility index (Phi) is 7.38. The number of aromatic nitrogens is 2. The van der Waals surface area contributed by atoms with Gasteiger partial charge in [-0.1, -0.05) is 11.8 Å². The molecule has 1 aliphatic carbocycles. The number of hydrogen-bond donors (Lipinski definition) is 1. The van der Waals surface area contributed by atoms with Crippen molar-refractivity contribution in [2.45, 2.75) is 24.9 Å². The number of benzene rings is 1. The van der Waals surface area contributed by atoms with E-state index in [0.717, 1.165) is 19.1 Å². The lowest BCUT2D eigenvalue weighted by atomic mass is 9.97. The molecule has 1 N–H and O–H groups in total. The van der Waals surface area contributed by atoms with E-state index in [0.29, 0.717) is 30.2 Å². The SMILES string of the molecule is COCCOc1cc(C#CCN2C(=O)C(C)C(=O)c3c2nc(S(C)(=O)=O)n3C)cc(NC(=O)C2CC2)c1. The number of methoxy groups -OCH3 is 1. The highest BCUT2D eigenvalue weighted by atomic mass is 32.2. The Hall–Kier alpha value is -3.69. The van der Waals surface area contributed by atoms with Gasteiger partial charge in [-0.15, -0.1) is 0 Å². The first-order chi connectivity index (χ1) is 17.5. The van der Waals surface area contributed by atoms with Gasteiger partial charge in [0.25, 0.3) is 0 Å². The quantitative estimate of drug-likeness (QED) is 0.309. The first kappa shape index (κ1) is 26.4. The number of ketones is 1. The summed E-state index contributed by atoms with van der Waals surface area (Å²) in [5, 5.41) is 2.58. The Morgan fingerprint density at radius 1 is 1.22 bits per heavy atom. The van der Waals surface area contributed by atoms with Gasteiger partial charge >= 0.3 is 0 Å². The van der Waals surface area contributed by atoms with Crippen molar-refractivity contribution >= 4 is 38.9 Å². The summed E-state index contributed by atoms with van der Waals surface area (Å²) < 4.78 is 36.2. The molecule has 11 nitrogen and oxygen atoms in total. The molecule has 0 radical (unpaired) electrons. The zero-order chi connectivity index (χ0) is 26.9. The second kappa shape index (κ2) is 10.4. The second-order valence-corrected chi connectivity index (χ2v) is 11.0. The van der Waals surface area contributed by atoms with Gasteiger partial charge in [-0.3, -0.25) is 19.3 Å². The summed E-state index contributed by atoms with van der Waals surface area (Å²) >= 11 is 0. The lowest BCUT2D eigenvalue weighted by Gasteiger charge is -2.27. The van der Waals surface area contributed by atoms with E-state index in [9.17, 15) is 22.8 Å². The van der Waals surface area contributed by atoms with E-state index < -0.39 is 27.4 Å². The number of imidazole rings is 1. The summed E-state index contributed by atoms with van der Waals surface area (Å²) in [6, 6.07) is 5.11. The summed E-state index contributed by atoms with van der Waals surface area (Å²) in [6.07, 6.45) is 2.72. The first-order valence-electron chi connectivity index (χ1n) is 11.7. The molecule has 4 rings (SSSR count). The molecule has 2 aliphatic rings. The van der Waals surface area contributed by atoms with Crippen molar-refractivity contribution < 1.29 is 32.3 Å². The van der Waals surface area contributed by atoms with Crippen LogP contribution in [0.4, 0.5) is 11.5 Å². The molecule has 37 heavy (non-hydrogen) atoms. The molecule has 12 heteroatoms. The van der Waals surface area contributed by atoms with Gasteiger partial charge < -0.3 is 19.4 Å². The van der Waals surface area contributed by atoms with Crippen molar-refractivity contribution in [1.29, 1.82) is 0 Å². The van der Waals surface area contributed by atoms with Crippen LogP contribution in [0.1, 0.15) is 35.8 Å². The maximum atomic E-state index is 12.9. The second-order valence-electron chi connectivity index (χ2n) is 9.06. The van der Waals surface area contributed by atoms with Crippen LogP contribution in [0.2, 0.25) is 0 Å². The average Bonchev–Trinajstić information content (AvgIpc) is 3.62. The van der Waals surface area contributed by atoms with Crippen LogP contribution in [-0.4, -0.2) is 68.7 Å². The molecule has 2 amide bonds. The fourth-order valence-electron chi connectivity index (χ4n) is 3.95. The van der Waals surface area contributed by atoms with Crippen LogP contribution in [-0.2, 0) is 31.2 Å². The normalized spacial score (nSPS) is 17.2. The van der Waals surface area contributed by atoms with Crippen molar-refractivity contribution in [1.82, 2.24) is 9.55 Å². The molecule has 1 fully saturated rings. The first-order valence-corrected chi connectivity index (χ1v) is 13.6. The number of carbonyl (C=O) groups is 3. The van der Waals surface area contributed by atoms with Crippen LogP contribution < -0.4 is 15.0 Å². The molecule has 0 spiro atoms. The van der Waals surface area contributed by atoms with E-state index in [-0.39, 0.29) is 35.0 Å². The van der Waals surface area contributed by atoms with Crippen molar-refractivity contribution in [2.75, 3.05) is 43.3 Å². The van der Waals surface area contributed by atoms with Gasteiger partial charge in [0.1, 0.15) is 24.0 Å². The Balaban J connectivity index is 1.63. The number of anilines is 2. The lowest BCUT2D eigenvalue weighted by molar-refractivity contribution is -0.120. The predicted molar refractivity (Wildman–Crippen MR) is 134 cm³/mol. The van der Waals surface area contributed by atoms with Crippen LogP contribution in [0, 0.1) is 23.7 Å². The van der Waals surface area contributed by atoms with Gasteiger partial charge in [0.15, 0.2) is 11.6 Å². The van der Waals surface area contributed by atoms with Crippen molar-refractivity contribution in [2.24, 2.45) is 18.9 Å². The number of amides is 2. The van der Waals surface area contributed by atoms with E-state index in [1.807, 2.05) is 0 Å². The molecule has 1 unspecified atom stereocenters. The summed E-state index contributed by atoms with van der Waals surface area (Å²) in [5.41, 5.74) is 1.12. The van der Waals surface area contributed by atoms with E-state index in [4.69, 9.17) is 9.47 Å². The lowest BCUT2D eigenvalue weighted by Crippen LogP contribution is -2.44. The van der Waals surface area contributed by atoms with Gasteiger partial charge in [-0.25, -0.2) is 8.42 Å². The van der Waals surface area contributed by atoms with E-state index >= 15 is 0 Å². The fourth-order valence-corrected chi connectivity index (χ4v) is 4.79. The minimum Gasteiger partial charge on any atom is -0.491 e. The van der Waals surface area contributed by atoms with Gasteiger partial charge in [-0.05, 0) is 31.9 Å². The molecule has 196 valence electrons. The number of ether oxygens (including phenoxy) is 2. The number of sulfone groups is 1. The topological polar surface area (TPSA) is 137 Å². The van der Waals surface area contributed by atoms with Crippen molar-refractivity contribution in [3.63, 3.8) is 0 Å².